The highest BCUT2D eigenvalue weighted by atomic mass is 16.3. The largest absolute Gasteiger partial charge is 0.396 e. The molecule has 0 radical (unpaired) electrons. The number of benzene rings is 1. The van der Waals surface area contributed by atoms with Gasteiger partial charge < -0.3 is 15.0 Å². The Morgan fingerprint density at radius 2 is 2.30 bits per heavy atom. The molecule has 3 rings (SSSR count). The number of aliphatic hydroxyl groups is 1. The average Bonchev–Trinajstić information content (AvgIpc) is 2.89. The highest BCUT2D eigenvalue weighted by Gasteiger charge is 2.24. The quantitative estimate of drug-likeness (QED) is 0.881. The van der Waals surface area contributed by atoms with E-state index in [1.165, 1.54) is 5.56 Å². The molecule has 4 nitrogen and oxygen atoms in total. The van der Waals surface area contributed by atoms with Crippen LogP contribution in [0.2, 0.25) is 0 Å². The Morgan fingerprint density at radius 3 is 3.10 bits per heavy atom. The normalized spacial score (nSPS) is 19.5. The summed E-state index contributed by atoms with van der Waals surface area (Å²) < 4.78 is 0. The molecule has 1 amide bonds. The second-order valence-electron chi connectivity index (χ2n) is 5.72. The maximum absolute atomic E-state index is 12.5. The topological polar surface area (TPSA) is 56.3 Å². The van der Waals surface area contributed by atoms with Crippen LogP contribution in [-0.2, 0) is 0 Å². The second kappa shape index (κ2) is 5.29. The lowest BCUT2D eigenvalue weighted by atomic mass is 9.99. The summed E-state index contributed by atoms with van der Waals surface area (Å²) in [5.74, 6) is 0.260. The van der Waals surface area contributed by atoms with Crippen molar-refractivity contribution in [1.82, 2.24) is 9.88 Å². The minimum atomic E-state index is 0.0389. The molecule has 1 atom stereocenters. The summed E-state index contributed by atoms with van der Waals surface area (Å²) in [5, 5.41) is 10.3. The lowest BCUT2D eigenvalue weighted by Crippen LogP contribution is -2.41. The highest BCUT2D eigenvalue weighted by Crippen LogP contribution is 2.21. The number of piperidine rings is 1. The van der Waals surface area contributed by atoms with Crippen molar-refractivity contribution in [2.45, 2.75) is 19.8 Å². The zero-order valence-electron chi connectivity index (χ0n) is 11.7. The van der Waals surface area contributed by atoms with E-state index in [-0.39, 0.29) is 18.4 Å². The van der Waals surface area contributed by atoms with Crippen LogP contribution in [-0.4, -0.2) is 40.6 Å². The third-order valence-electron chi connectivity index (χ3n) is 4.07. The van der Waals surface area contributed by atoms with Gasteiger partial charge in [0.1, 0.15) is 5.69 Å². The number of carbonyl (C=O) groups excluding carboxylic acids is 1. The maximum Gasteiger partial charge on any atom is 0.270 e. The molecule has 0 spiro atoms. The lowest BCUT2D eigenvalue weighted by Gasteiger charge is -2.31. The monoisotopic (exact) mass is 272 g/mol. The van der Waals surface area contributed by atoms with E-state index in [4.69, 9.17) is 0 Å². The Morgan fingerprint density at radius 1 is 1.45 bits per heavy atom. The number of H-pyrrole nitrogens is 1. The molecule has 106 valence electrons. The predicted octanol–water partition coefficient (Wildman–Crippen LogP) is 2.32. The number of amides is 1. The minimum absolute atomic E-state index is 0.0389. The van der Waals surface area contributed by atoms with Gasteiger partial charge in [-0.15, -0.1) is 0 Å². The molecule has 1 unspecified atom stereocenters. The van der Waals surface area contributed by atoms with Crippen LogP contribution in [0.4, 0.5) is 0 Å². The number of aryl methyl sites for hydroxylation is 1. The molecule has 4 heteroatoms. The Kier molecular flexibility index (Phi) is 3.49. The van der Waals surface area contributed by atoms with Crippen LogP contribution in [0.5, 0.6) is 0 Å². The molecule has 0 aliphatic carbocycles. The van der Waals surface area contributed by atoms with Crippen molar-refractivity contribution < 1.29 is 9.90 Å². The number of hydrogen-bond donors (Lipinski definition) is 2. The van der Waals surface area contributed by atoms with Crippen LogP contribution in [0.1, 0.15) is 28.9 Å². The molecule has 1 aliphatic heterocycles. The molecule has 2 heterocycles. The van der Waals surface area contributed by atoms with Gasteiger partial charge in [0.25, 0.3) is 5.91 Å². The Balaban J connectivity index is 1.84. The van der Waals surface area contributed by atoms with Crippen LogP contribution in [0.15, 0.2) is 24.3 Å². The summed E-state index contributed by atoms with van der Waals surface area (Å²) in [6.07, 6.45) is 1.97. The molecular formula is C16H20N2O2. The third kappa shape index (κ3) is 2.43. The van der Waals surface area contributed by atoms with Crippen molar-refractivity contribution in [2.24, 2.45) is 5.92 Å². The number of nitrogens with one attached hydrogen (secondary N) is 1. The van der Waals surface area contributed by atoms with E-state index in [2.05, 4.69) is 11.1 Å². The summed E-state index contributed by atoms with van der Waals surface area (Å²) >= 11 is 0. The van der Waals surface area contributed by atoms with Crippen molar-refractivity contribution in [1.29, 1.82) is 0 Å². The van der Waals surface area contributed by atoms with E-state index >= 15 is 0 Å². The Hall–Kier alpha value is -1.81. The molecule has 2 N–H and O–H groups in total. The van der Waals surface area contributed by atoms with Gasteiger partial charge in [-0.2, -0.15) is 0 Å². The molecule has 1 saturated heterocycles. The third-order valence-corrected chi connectivity index (χ3v) is 4.07. The van der Waals surface area contributed by atoms with Gasteiger partial charge in [-0.05, 0) is 43.4 Å². The fraction of sp³-hybridized carbons (Fsp3) is 0.438. The van der Waals surface area contributed by atoms with E-state index in [9.17, 15) is 9.90 Å². The predicted molar refractivity (Wildman–Crippen MR) is 78.7 cm³/mol. The Labute approximate surface area is 118 Å². The molecule has 2 aromatic rings. The minimum Gasteiger partial charge on any atom is -0.396 e. The van der Waals surface area contributed by atoms with Crippen LogP contribution in [0.3, 0.4) is 0 Å². The van der Waals surface area contributed by atoms with E-state index in [1.807, 2.05) is 30.0 Å². The summed E-state index contributed by atoms with van der Waals surface area (Å²) in [6, 6.07) is 8.05. The smallest absolute Gasteiger partial charge is 0.270 e. The fourth-order valence-corrected chi connectivity index (χ4v) is 2.93. The summed E-state index contributed by atoms with van der Waals surface area (Å²) in [7, 11) is 0. The first-order chi connectivity index (χ1) is 9.67. The van der Waals surface area contributed by atoms with Crippen molar-refractivity contribution >= 4 is 16.8 Å². The van der Waals surface area contributed by atoms with E-state index in [1.54, 1.807) is 0 Å². The maximum atomic E-state index is 12.5. The summed E-state index contributed by atoms with van der Waals surface area (Å²) in [5.41, 5.74) is 2.82. The number of aromatic nitrogens is 1. The van der Waals surface area contributed by atoms with Crippen molar-refractivity contribution in [3.05, 3.63) is 35.5 Å². The standard InChI is InChI=1S/C16H20N2O2/c1-11-4-5-13-8-15(17-14(13)7-11)16(20)18-6-2-3-12(9-18)10-19/h4-5,7-8,12,17,19H,2-3,6,9-10H2,1H3. The Bertz CT molecular complexity index is 632. The SMILES string of the molecule is Cc1ccc2cc(C(=O)N3CCCC(CO)C3)[nH]c2c1. The van der Waals surface area contributed by atoms with Gasteiger partial charge in [0.15, 0.2) is 0 Å². The second-order valence-corrected chi connectivity index (χ2v) is 5.72. The van der Waals surface area contributed by atoms with E-state index in [0.717, 1.165) is 30.3 Å². The lowest BCUT2D eigenvalue weighted by molar-refractivity contribution is 0.0616. The zero-order valence-corrected chi connectivity index (χ0v) is 11.7. The first kappa shape index (κ1) is 13.2. The number of likely N-dealkylation sites (tertiary alicyclic amines) is 1. The molecule has 1 aliphatic rings. The number of carbonyl (C=O) groups is 1. The van der Waals surface area contributed by atoms with E-state index in [0.29, 0.717) is 12.2 Å². The van der Waals surface area contributed by atoms with Gasteiger partial charge in [0, 0.05) is 30.6 Å². The molecule has 1 fully saturated rings. The van der Waals surface area contributed by atoms with Crippen molar-refractivity contribution in [3.8, 4) is 0 Å². The molecule has 0 bridgehead atoms. The molecule has 20 heavy (non-hydrogen) atoms. The van der Waals surface area contributed by atoms with E-state index < -0.39 is 0 Å². The average molecular weight is 272 g/mol. The number of aliphatic hydroxyl groups excluding tert-OH is 1. The van der Waals surface area contributed by atoms with Gasteiger partial charge in [-0.1, -0.05) is 12.1 Å². The molecule has 1 aromatic carbocycles. The highest BCUT2D eigenvalue weighted by molar-refractivity contribution is 5.98. The van der Waals surface area contributed by atoms with Crippen molar-refractivity contribution in [2.75, 3.05) is 19.7 Å². The van der Waals surface area contributed by atoms with Crippen LogP contribution in [0, 0.1) is 12.8 Å². The van der Waals surface area contributed by atoms with Gasteiger partial charge in [-0.3, -0.25) is 4.79 Å². The first-order valence-corrected chi connectivity index (χ1v) is 7.17. The van der Waals surface area contributed by atoms with Crippen LogP contribution < -0.4 is 0 Å². The first-order valence-electron chi connectivity index (χ1n) is 7.17. The number of fused-ring (bicyclic) bond motifs is 1. The van der Waals surface area contributed by atoms with Gasteiger partial charge in [-0.25, -0.2) is 0 Å². The zero-order chi connectivity index (χ0) is 14.1. The van der Waals surface area contributed by atoms with Gasteiger partial charge in [0.2, 0.25) is 0 Å². The summed E-state index contributed by atoms with van der Waals surface area (Å²) in [6.45, 7) is 3.64. The number of hydrogen-bond acceptors (Lipinski definition) is 2. The fourth-order valence-electron chi connectivity index (χ4n) is 2.93. The van der Waals surface area contributed by atoms with Gasteiger partial charge in [0.05, 0.1) is 0 Å². The summed E-state index contributed by atoms with van der Waals surface area (Å²) in [4.78, 5) is 17.6. The van der Waals surface area contributed by atoms with Crippen molar-refractivity contribution in [3.63, 3.8) is 0 Å². The van der Waals surface area contributed by atoms with Crippen LogP contribution in [0.25, 0.3) is 10.9 Å². The number of aromatic amines is 1. The number of rotatable bonds is 2. The molecule has 1 aromatic heterocycles. The molecule has 0 saturated carbocycles. The molecular weight excluding hydrogens is 252 g/mol. The van der Waals surface area contributed by atoms with Gasteiger partial charge >= 0.3 is 0 Å². The van der Waals surface area contributed by atoms with Crippen LogP contribution >= 0.6 is 0 Å². The number of nitrogens with zero attached hydrogens (tertiary/aromatic N) is 1.